The number of methoxy groups -OCH3 is 1. The van der Waals surface area contributed by atoms with Crippen molar-refractivity contribution >= 4 is 23.2 Å². The van der Waals surface area contributed by atoms with E-state index < -0.39 is 11.7 Å². The highest BCUT2D eigenvalue weighted by Crippen LogP contribution is 2.29. The van der Waals surface area contributed by atoms with Crippen LogP contribution in [0.25, 0.3) is 0 Å². The largest absolute Gasteiger partial charge is 0.493 e. The van der Waals surface area contributed by atoms with E-state index in [1.807, 2.05) is 12.1 Å². The van der Waals surface area contributed by atoms with Crippen LogP contribution in [0.4, 0.5) is 15.8 Å². The number of halogens is 1. The second-order valence-corrected chi connectivity index (χ2v) is 7.83. The second kappa shape index (κ2) is 11.3. The van der Waals surface area contributed by atoms with Crippen molar-refractivity contribution in [1.82, 2.24) is 0 Å². The molecule has 2 N–H and O–H groups in total. The Hall–Kier alpha value is -3.35. The Morgan fingerprint density at radius 1 is 1.09 bits per heavy atom. The highest BCUT2D eigenvalue weighted by molar-refractivity contribution is 5.95. The number of ether oxygens (including phenoxy) is 2. The Morgan fingerprint density at radius 3 is 2.59 bits per heavy atom. The number of hydrogen-bond acceptors (Lipinski definition) is 4. The summed E-state index contributed by atoms with van der Waals surface area (Å²) in [6, 6.07) is 9.51. The Balaban J connectivity index is 1.58. The molecule has 7 heteroatoms. The van der Waals surface area contributed by atoms with Crippen molar-refractivity contribution in [2.24, 2.45) is 5.92 Å². The maximum Gasteiger partial charge on any atom is 0.262 e. The van der Waals surface area contributed by atoms with Crippen LogP contribution in [0.3, 0.4) is 0 Å². The van der Waals surface area contributed by atoms with Gasteiger partial charge in [-0.3, -0.25) is 9.59 Å². The molecule has 0 spiro atoms. The highest BCUT2D eigenvalue weighted by Gasteiger charge is 2.22. The average Bonchev–Trinajstić information content (AvgIpc) is 2.81. The molecule has 2 amide bonds. The molecule has 2 aromatic carbocycles. The summed E-state index contributed by atoms with van der Waals surface area (Å²) in [5.74, 6) is -0.280. The molecule has 0 atom stereocenters. The quantitative estimate of drug-likeness (QED) is 0.532. The average molecular weight is 441 g/mol. The molecule has 2 aromatic rings. The van der Waals surface area contributed by atoms with E-state index in [0.29, 0.717) is 23.6 Å². The molecule has 0 unspecified atom stereocenters. The van der Waals surface area contributed by atoms with Crippen LogP contribution in [0.1, 0.15) is 37.7 Å². The molecule has 6 nitrogen and oxygen atoms in total. The van der Waals surface area contributed by atoms with Gasteiger partial charge in [0.1, 0.15) is 5.82 Å². The summed E-state index contributed by atoms with van der Waals surface area (Å²) in [4.78, 5) is 24.8. The SMILES string of the molecule is C=CCc1ccc(OCC(=O)Nc2ccc(F)c(NC(=O)C3CCCCC3)c2)c(OC)c1. The van der Waals surface area contributed by atoms with Gasteiger partial charge >= 0.3 is 0 Å². The van der Waals surface area contributed by atoms with Crippen molar-refractivity contribution < 1.29 is 23.5 Å². The molecule has 0 heterocycles. The summed E-state index contributed by atoms with van der Waals surface area (Å²) in [6.07, 6.45) is 7.28. The van der Waals surface area contributed by atoms with E-state index in [1.165, 1.54) is 25.3 Å². The summed E-state index contributed by atoms with van der Waals surface area (Å²) in [5, 5.41) is 5.33. The van der Waals surface area contributed by atoms with Gasteiger partial charge in [-0.25, -0.2) is 4.39 Å². The summed E-state index contributed by atoms with van der Waals surface area (Å²) in [7, 11) is 1.53. The normalized spacial score (nSPS) is 13.8. The first-order valence-electron chi connectivity index (χ1n) is 10.8. The third kappa shape index (κ3) is 6.33. The minimum atomic E-state index is -0.548. The lowest BCUT2D eigenvalue weighted by molar-refractivity contribution is -0.120. The van der Waals surface area contributed by atoms with Crippen molar-refractivity contribution in [2.45, 2.75) is 38.5 Å². The van der Waals surface area contributed by atoms with Crippen molar-refractivity contribution in [1.29, 1.82) is 0 Å². The molecule has 1 fully saturated rings. The maximum absolute atomic E-state index is 14.2. The highest BCUT2D eigenvalue weighted by atomic mass is 19.1. The smallest absolute Gasteiger partial charge is 0.262 e. The lowest BCUT2D eigenvalue weighted by Crippen LogP contribution is -2.25. The topological polar surface area (TPSA) is 76.7 Å². The fourth-order valence-electron chi connectivity index (χ4n) is 3.76. The molecule has 0 radical (unpaired) electrons. The standard InChI is InChI=1S/C25H29FN2O4/c1-3-7-17-10-13-22(23(14-17)31-2)32-16-24(29)27-19-11-12-20(26)21(15-19)28-25(30)18-8-5-4-6-9-18/h3,10-15,18H,1,4-9,16H2,2H3,(H,27,29)(H,28,30). The lowest BCUT2D eigenvalue weighted by Gasteiger charge is -2.21. The number of benzene rings is 2. The Bertz CT molecular complexity index is 970. The number of carbonyl (C=O) groups excluding carboxylic acids is 2. The van der Waals surface area contributed by atoms with Gasteiger partial charge < -0.3 is 20.1 Å². The molecular formula is C25H29FN2O4. The van der Waals surface area contributed by atoms with Gasteiger partial charge in [0.15, 0.2) is 18.1 Å². The zero-order valence-electron chi connectivity index (χ0n) is 18.3. The van der Waals surface area contributed by atoms with Gasteiger partial charge in [0.05, 0.1) is 12.8 Å². The molecule has 3 rings (SSSR count). The minimum absolute atomic E-state index is 0.0544. The van der Waals surface area contributed by atoms with Crippen LogP contribution in [-0.4, -0.2) is 25.5 Å². The van der Waals surface area contributed by atoms with Gasteiger partial charge in [-0.1, -0.05) is 31.4 Å². The van der Waals surface area contributed by atoms with Crippen LogP contribution in [0, 0.1) is 11.7 Å². The van der Waals surface area contributed by atoms with E-state index in [2.05, 4.69) is 17.2 Å². The predicted octanol–water partition coefficient (Wildman–Crippen LogP) is 5.10. The van der Waals surface area contributed by atoms with Crippen molar-refractivity contribution in [3.05, 3.63) is 60.4 Å². The summed E-state index contributed by atoms with van der Waals surface area (Å²) in [6.45, 7) is 3.46. The molecular weight excluding hydrogens is 411 g/mol. The molecule has 0 saturated heterocycles. The molecule has 1 aliphatic carbocycles. The third-order valence-electron chi connectivity index (χ3n) is 5.45. The van der Waals surface area contributed by atoms with Gasteiger partial charge in [0, 0.05) is 11.6 Å². The van der Waals surface area contributed by atoms with Crippen LogP contribution in [-0.2, 0) is 16.0 Å². The summed E-state index contributed by atoms with van der Waals surface area (Å²) < 4.78 is 25.1. The predicted molar refractivity (Wildman–Crippen MR) is 123 cm³/mol. The third-order valence-corrected chi connectivity index (χ3v) is 5.45. The van der Waals surface area contributed by atoms with Gasteiger partial charge in [-0.15, -0.1) is 6.58 Å². The van der Waals surface area contributed by atoms with Crippen LogP contribution in [0.2, 0.25) is 0 Å². The molecule has 0 aromatic heterocycles. The molecule has 1 saturated carbocycles. The minimum Gasteiger partial charge on any atom is -0.493 e. The Morgan fingerprint density at radius 2 is 1.88 bits per heavy atom. The number of amides is 2. The van der Waals surface area contributed by atoms with E-state index in [4.69, 9.17) is 9.47 Å². The number of allylic oxidation sites excluding steroid dienone is 1. The molecule has 1 aliphatic rings. The van der Waals surface area contributed by atoms with Crippen LogP contribution in [0.5, 0.6) is 11.5 Å². The van der Waals surface area contributed by atoms with Crippen molar-refractivity contribution in [3.8, 4) is 11.5 Å². The van der Waals surface area contributed by atoms with Crippen molar-refractivity contribution in [3.63, 3.8) is 0 Å². The zero-order valence-corrected chi connectivity index (χ0v) is 18.3. The van der Waals surface area contributed by atoms with E-state index in [0.717, 1.165) is 37.7 Å². The number of carbonyl (C=O) groups is 2. The fraction of sp³-hybridized carbons (Fsp3) is 0.360. The second-order valence-electron chi connectivity index (χ2n) is 7.83. The number of rotatable bonds is 9. The van der Waals surface area contributed by atoms with Crippen LogP contribution < -0.4 is 20.1 Å². The van der Waals surface area contributed by atoms with E-state index in [-0.39, 0.29) is 24.1 Å². The number of hydrogen-bond donors (Lipinski definition) is 2. The first kappa shape index (κ1) is 23.3. The van der Waals surface area contributed by atoms with Gasteiger partial charge in [-0.05, 0) is 55.2 Å². The zero-order chi connectivity index (χ0) is 22.9. The van der Waals surface area contributed by atoms with Gasteiger partial charge in [0.25, 0.3) is 5.91 Å². The lowest BCUT2D eigenvalue weighted by atomic mass is 9.88. The molecule has 0 aliphatic heterocycles. The van der Waals surface area contributed by atoms with E-state index in [1.54, 1.807) is 12.1 Å². The summed E-state index contributed by atoms with van der Waals surface area (Å²) in [5.41, 5.74) is 1.44. The first-order chi connectivity index (χ1) is 15.5. The van der Waals surface area contributed by atoms with E-state index in [9.17, 15) is 14.0 Å². The Labute approximate surface area is 187 Å². The molecule has 32 heavy (non-hydrogen) atoms. The number of anilines is 2. The molecule has 170 valence electrons. The fourth-order valence-corrected chi connectivity index (χ4v) is 3.76. The van der Waals surface area contributed by atoms with Gasteiger partial charge in [0.2, 0.25) is 5.91 Å². The van der Waals surface area contributed by atoms with Gasteiger partial charge in [-0.2, -0.15) is 0 Å². The van der Waals surface area contributed by atoms with Crippen molar-refractivity contribution in [2.75, 3.05) is 24.4 Å². The Kier molecular flexibility index (Phi) is 8.25. The number of nitrogens with one attached hydrogen (secondary N) is 2. The van der Waals surface area contributed by atoms with E-state index >= 15 is 0 Å². The maximum atomic E-state index is 14.2. The summed E-state index contributed by atoms with van der Waals surface area (Å²) >= 11 is 0. The van der Waals surface area contributed by atoms with Crippen LogP contribution >= 0.6 is 0 Å². The first-order valence-corrected chi connectivity index (χ1v) is 10.8. The van der Waals surface area contributed by atoms with Crippen LogP contribution in [0.15, 0.2) is 49.1 Å². The monoisotopic (exact) mass is 440 g/mol. The molecule has 0 bridgehead atoms.